The molecular formula is C15H19NO. The molecule has 0 saturated heterocycles. The fourth-order valence-corrected chi connectivity index (χ4v) is 1.62. The quantitative estimate of drug-likeness (QED) is 0.623. The summed E-state index contributed by atoms with van der Waals surface area (Å²) in [5, 5.41) is 2.87. The molecule has 0 aliphatic carbocycles. The molecule has 1 rings (SSSR count). The second-order valence-electron chi connectivity index (χ2n) is 4.13. The first kappa shape index (κ1) is 13.3. The summed E-state index contributed by atoms with van der Waals surface area (Å²) < 4.78 is 0. The molecule has 1 aromatic carbocycles. The van der Waals surface area contributed by atoms with Crippen molar-refractivity contribution in [1.82, 2.24) is 5.32 Å². The Hall–Kier alpha value is -1.75. The zero-order valence-electron chi connectivity index (χ0n) is 10.8. The first-order valence-electron chi connectivity index (χ1n) is 5.86. The minimum Gasteiger partial charge on any atom is -0.355 e. The smallest absolute Gasteiger partial charge is 0.224 e. The Labute approximate surface area is 103 Å². The van der Waals surface area contributed by atoms with Gasteiger partial charge >= 0.3 is 0 Å². The number of hydrogen-bond acceptors (Lipinski definition) is 1. The van der Waals surface area contributed by atoms with Gasteiger partial charge in [0.1, 0.15) is 0 Å². The molecule has 1 aromatic rings. The third-order valence-corrected chi connectivity index (χ3v) is 2.60. The molecule has 0 aliphatic heterocycles. The standard InChI is InChI=1S/C15H19NO/c1-4-5-6-9-16-15(17)11-14-10-12(2)7-8-13(14)3/h7-8,10H,6,9,11H2,1-3H3,(H,16,17). The minimum atomic E-state index is 0.0663. The number of carbonyl (C=O) groups is 1. The van der Waals surface area contributed by atoms with Gasteiger partial charge in [-0.15, -0.1) is 11.8 Å². The monoisotopic (exact) mass is 229 g/mol. The fourth-order valence-electron chi connectivity index (χ4n) is 1.62. The molecule has 0 aromatic heterocycles. The topological polar surface area (TPSA) is 29.1 Å². The minimum absolute atomic E-state index is 0.0663. The van der Waals surface area contributed by atoms with Crippen LogP contribution < -0.4 is 5.32 Å². The van der Waals surface area contributed by atoms with E-state index in [0.29, 0.717) is 13.0 Å². The average molecular weight is 229 g/mol. The Morgan fingerprint density at radius 2 is 2.12 bits per heavy atom. The third kappa shape index (κ3) is 4.74. The zero-order valence-corrected chi connectivity index (χ0v) is 10.8. The van der Waals surface area contributed by atoms with Crippen LogP contribution in [0.1, 0.15) is 30.0 Å². The van der Waals surface area contributed by atoms with Crippen molar-refractivity contribution in [2.45, 2.75) is 33.6 Å². The molecule has 0 bridgehead atoms. The van der Waals surface area contributed by atoms with Crippen molar-refractivity contribution in [2.75, 3.05) is 6.54 Å². The van der Waals surface area contributed by atoms with Gasteiger partial charge in [-0.2, -0.15) is 0 Å². The lowest BCUT2D eigenvalue weighted by Crippen LogP contribution is -2.26. The molecule has 0 atom stereocenters. The van der Waals surface area contributed by atoms with Gasteiger partial charge in [0.05, 0.1) is 6.42 Å². The van der Waals surface area contributed by atoms with Crippen LogP contribution in [0, 0.1) is 25.7 Å². The van der Waals surface area contributed by atoms with Crippen LogP contribution in [-0.4, -0.2) is 12.5 Å². The maximum absolute atomic E-state index is 11.7. The van der Waals surface area contributed by atoms with Crippen LogP contribution in [0.2, 0.25) is 0 Å². The Kier molecular flexibility index (Phi) is 5.29. The van der Waals surface area contributed by atoms with Crippen LogP contribution in [0.15, 0.2) is 18.2 Å². The van der Waals surface area contributed by atoms with Crippen molar-refractivity contribution in [3.05, 3.63) is 34.9 Å². The lowest BCUT2D eigenvalue weighted by molar-refractivity contribution is -0.120. The van der Waals surface area contributed by atoms with E-state index in [9.17, 15) is 4.79 Å². The van der Waals surface area contributed by atoms with E-state index in [2.05, 4.69) is 35.4 Å². The molecule has 0 unspecified atom stereocenters. The van der Waals surface area contributed by atoms with E-state index in [4.69, 9.17) is 0 Å². The highest BCUT2D eigenvalue weighted by Gasteiger charge is 2.05. The van der Waals surface area contributed by atoms with E-state index in [1.54, 1.807) is 6.92 Å². The van der Waals surface area contributed by atoms with Gasteiger partial charge in [0.25, 0.3) is 0 Å². The van der Waals surface area contributed by atoms with E-state index in [1.807, 2.05) is 13.8 Å². The number of rotatable bonds is 4. The van der Waals surface area contributed by atoms with Crippen molar-refractivity contribution in [3.8, 4) is 11.8 Å². The van der Waals surface area contributed by atoms with Gasteiger partial charge in [0.2, 0.25) is 5.91 Å². The van der Waals surface area contributed by atoms with Crippen LogP contribution in [0.5, 0.6) is 0 Å². The predicted molar refractivity (Wildman–Crippen MR) is 70.7 cm³/mol. The van der Waals surface area contributed by atoms with Gasteiger partial charge < -0.3 is 5.32 Å². The highest BCUT2D eigenvalue weighted by molar-refractivity contribution is 5.78. The van der Waals surface area contributed by atoms with E-state index in [-0.39, 0.29) is 5.91 Å². The van der Waals surface area contributed by atoms with E-state index in [1.165, 1.54) is 11.1 Å². The van der Waals surface area contributed by atoms with E-state index < -0.39 is 0 Å². The van der Waals surface area contributed by atoms with Crippen molar-refractivity contribution in [2.24, 2.45) is 0 Å². The van der Waals surface area contributed by atoms with Crippen molar-refractivity contribution in [1.29, 1.82) is 0 Å². The highest BCUT2D eigenvalue weighted by Crippen LogP contribution is 2.11. The van der Waals surface area contributed by atoms with Gasteiger partial charge in [0.15, 0.2) is 0 Å². The zero-order chi connectivity index (χ0) is 12.7. The maximum Gasteiger partial charge on any atom is 0.224 e. The summed E-state index contributed by atoms with van der Waals surface area (Å²) in [4.78, 5) is 11.7. The van der Waals surface area contributed by atoms with E-state index >= 15 is 0 Å². The highest BCUT2D eigenvalue weighted by atomic mass is 16.1. The molecule has 0 radical (unpaired) electrons. The number of benzene rings is 1. The molecule has 2 heteroatoms. The Bertz CT molecular complexity index is 452. The molecule has 0 spiro atoms. The third-order valence-electron chi connectivity index (χ3n) is 2.60. The van der Waals surface area contributed by atoms with Gasteiger partial charge in [0, 0.05) is 13.0 Å². The molecular weight excluding hydrogens is 210 g/mol. The van der Waals surface area contributed by atoms with E-state index in [0.717, 1.165) is 12.0 Å². The van der Waals surface area contributed by atoms with Gasteiger partial charge in [-0.25, -0.2) is 0 Å². The molecule has 0 saturated carbocycles. The summed E-state index contributed by atoms with van der Waals surface area (Å²) in [5.74, 6) is 5.80. The molecule has 0 aliphatic rings. The largest absolute Gasteiger partial charge is 0.355 e. The summed E-state index contributed by atoms with van der Waals surface area (Å²) in [5.41, 5.74) is 3.46. The summed E-state index contributed by atoms with van der Waals surface area (Å²) >= 11 is 0. The molecule has 90 valence electrons. The van der Waals surface area contributed by atoms with Crippen molar-refractivity contribution in [3.63, 3.8) is 0 Å². The number of carbonyl (C=O) groups excluding carboxylic acids is 1. The van der Waals surface area contributed by atoms with Gasteiger partial charge in [-0.3, -0.25) is 4.79 Å². The lowest BCUT2D eigenvalue weighted by atomic mass is 10.0. The Balaban J connectivity index is 2.49. The molecule has 1 amide bonds. The Morgan fingerprint density at radius 1 is 1.35 bits per heavy atom. The number of nitrogens with one attached hydrogen (secondary N) is 1. The Morgan fingerprint density at radius 3 is 2.82 bits per heavy atom. The number of hydrogen-bond donors (Lipinski definition) is 1. The number of amides is 1. The molecule has 1 N–H and O–H groups in total. The maximum atomic E-state index is 11.7. The van der Waals surface area contributed by atoms with Crippen LogP contribution in [0.3, 0.4) is 0 Å². The van der Waals surface area contributed by atoms with Gasteiger partial charge in [-0.05, 0) is 31.9 Å². The summed E-state index contributed by atoms with van der Waals surface area (Å²) in [6.07, 6.45) is 1.17. The molecule has 17 heavy (non-hydrogen) atoms. The number of aryl methyl sites for hydroxylation is 2. The normalized spacial score (nSPS) is 9.35. The van der Waals surface area contributed by atoms with Crippen LogP contribution in [0.4, 0.5) is 0 Å². The summed E-state index contributed by atoms with van der Waals surface area (Å²) in [6, 6.07) is 6.19. The second kappa shape index (κ2) is 6.75. The predicted octanol–water partition coefficient (Wildman–Crippen LogP) is 2.38. The fraction of sp³-hybridized carbons (Fsp3) is 0.400. The average Bonchev–Trinajstić information content (AvgIpc) is 2.29. The lowest BCUT2D eigenvalue weighted by Gasteiger charge is -2.07. The SMILES string of the molecule is CC#CCCNC(=O)Cc1cc(C)ccc1C. The van der Waals surface area contributed by atoms with Crippen molar-refractivity contribution < 1.29 is 4.79 Å². The summed E-state index contributed by atoms with van der Waals surface area (Å²) in [6.45, 7) is 6.50. The summed E-state index contributed by atoms with van der Waals surface area (Å²) in [7, 11) is 0. The molecule has 0 fully saturated rings. The van der Waals surface area contributed by atoms with Crippen LogP contribution in [-0.2, 0) is 11.2 Å². The van der Waals surface area contributed by atoms with Crippen LogP contribution in [0.25, 0.3) is 0 Å². The molecule has 0 heterocycles. The first-order valence-corrected chi connectivity index (χ1v) is 5.86. The molecule has 2 nitrogen and oxygen atoms in total. The van der Waals surface area contributed by atoms with Crippen LogP contribution >= 0.6 is 0 Å². The van der Waals surface area contributed by atoms with Gasteiger partial charge in [-0.1, -0.05) is 23.8 Å². The van der Waals surface area contributed by atoms with Crippen molar-refractivity contribution >= 4 is 5.91 Å². The first-order chi connectivity index (χ1) is 8.13. The second-order valence-corrected chi connectivity index (χ2v) is 4.13.